The summed E-state index contributed by atoms with van der Waals surface area (Å²) in [5, 5.41) is 16.1. The predicted octanol–water partition coefficient (Wildman–Crippen LogP) is 3.24. The van der Waals surface area contributed by atoms with Crippen molar-refractivity contribution in [2.24, 2.45) is 40.6 Å². The van der Waals surface area contributed by atoms with Crippen molar-refractivity contribution >= 4 is 23.7 Å². The first kappa shape index (κ1) is 17.3. The molecule has 2 bridgehead atoms. The Kier molecular flexibility index (Phi) is 3.45. The van der Waals surface area contributed by atoms with Crippen LogP contribution in [0.5, 0.6) is 0 Å². The van der Waals surface area contributed by atoms with E-state index in [1.165, 1.54) is 18.3 Å². The van der Waals surface area contributed by atoms with E-state index in [9.17, 15) is 19.7 Å². The molecule has 8 nitrogen and oxygen atoms in total. The Morgan fingerprint density at radius 1 is 1.07 bits per heavy atom. The van der Waals surface area contributed by atoms with E-state index in [0.717, 1.165) is 11.4 Å². The van der Waals surface area contributed by atoms with Gasteiger partial charge >= 0.3 is 0 Å². The molecule has 4 aliphatic carbocycles. The Bertz CT molecular complexity index is 1130. The van der Waals surface area contributed by atoms with Gasteiger partial charge in [0.2, 0.25) is 0 Å². The van der Waals surface area contributed by atoms with Crippen LogP contribution in [0.2, 0.25) is 0 Å². The molecule has 1 saturated heterocycles. The van der Waals surface area contributed by atoms with E-state index in [1.54, 1.807) is 24.3 Å². The lowest BCUT2D eigenvalue weighted by atomic mass is 9.63. The summed E-state index contributed by atoms with van der Waals surface area (Å²) in [6.07, 6.45) is 6.71. The minimum atomic E-state index is -0.467. The minimum Gasteiger partial charge on any atom is -0.455 e. The van der Waals surface area contributed by atoms with Crippen molar-refractivity contribution in [1.29, 1.82) is 0 Å². The fraction of sp³-hybridized carbons (Fsp3) is 0.318. The van der Waals surface area contributed by atoms with E-state index < -0.39 is 4.92 Å². The van der Waals surface area contributed by atoms with Gasteiger partial charge in [-0.3, -0.25) is 19.7 Å². The first-order chi connectivity index (χ1) is 14.5. The SMILES string of the molecule is O=C1[C@@H]2[C@H]3C=C[C@@H]([C@@H]4C[C@@H]34)[C@H]2C(=O)N1N=Cc1ccc(-c2cccc([N+](=O)[O-])c2)o1. The molecule has 3 fully saturated rings. The third-order valence-electron chi connectivity index (χ3n) is 6.91. The number of allylic oxidation sites excluding steroid dienone is 2. The zero-order valence-electron chi connectivity index (χ0n) is 15.8. The zero-order chi connectivity index (χ0) is 20.6. The number of amides is 2. The monoisotopic (exact) mass is 403 g/mol. The van der Waals surface area contributed by atoms with Gasteiger partial charge in [0.05, 0.1) is 23.0 Å². The summed E-state index contributed by atoms with van der Waals surface area (Å²) in [6.45, 7) is 0. The number of benzene rings is 1. The molecule has 1 aromatic carbocycles. The molecule has 2 aromatic rings. The molecule has 2 heterocycles. The highest BCUT2D eigenvalue weighted by molar-refractivity contribution is 6.06. The van der Waals surface area contributed by atoms with Gasteiger partial charge in [0.15, 0.2) is 0 Å². The maximum atomic E-state index is 12.9. The average molecular weight is 403 g/mol. The molecule has 7 rings (SSSR count). The van der Waals surface area contributed by atoms with E-state index in [4.69, 9.17) is 4.42 Å². The third-order valence-corrected chi connectivity index (χ3v) is 6.91. The minimum absolute atomic E-state index is 0.0312. The Balaban J connectivity index is 1.24. The second-order valence-corrected chi connectivity index (χ2v) is 8.40. The van der Waals surface area contributed by atoms with E-state index in [-0.39, 0.29) is 41.2 Å². The highest BCUT2D eigenvalue weighted by atomic mass is 16.6. The number of imide groups is 1. The van der Waals surface area contributed by atoms with Gasteiger partial charge in [-0.25, -0.2) is 0 Å². The second kappa shape index (κ2) is 5.98. The van der Waals surface area contributed by atoms with E-state index in [2.05, 4.69) is 17.3 Å². The number of nitro benzene ring substituents is 1. The highest BCUT2D eigenvalue weighted by Crippen LogP contribution is 2.65. The van der Waals surface area contributed by atoms with Crippen LogP contribution in [0.25, 0.3) is 11.3 Å². The Morgan fingerprint density at radius 2 is 1.77 bits per heavy atom. The lowest BCUT2D eigenvalue weighted by Gasteiger charge is -2.37. The van der Waals surface area contributed by atoms with Crippen molar-refractivity contribution in [3.63, 3.8) is 0 Å². The number of nitro groups is 1. The first-order valence-electron chi connectivity index (χ1n) is 9.98. The van der Waals surface area contributed by atoms with Crippen LogP contribution < -0.4 is 0 Å². The number of rotatable bonds is 4. The molecule has 1 aliphatic heterocycles. The quantitative estimate of drug-likeness (QED) is 0.256. The molecule has 30 heavy (non-hydrogen) atoms. The number of hydrogen-bond donors (Lipinski definition) is 0. The molecule has 6 atom stereocenters. The molecular formula is C22H17N3O5. The summed E-state index contributed by atoms with van der Waals surface area (Å²) < 4.78 is 5.70. The van der Waals surface area contributed by atoms with Crippen LogP contribution in [0.15, 0.2) is 58.1 Å². The smallest absolute Gasteiger partial charge is 0.270 e. The van der Waals surface area contributed by atoms with Crippen LogP contribution in [-0.4, -0.2) is 28.0 Å². The molecule has 0 unspecified atom stereocenters. The third kappa shape index (κ3) is 2.36. The van der Waals surface area contributed by atoms with E-state index in [0.29, 0.717) is 28.9 Å². The average Bonchev–Trinajstić information content (AvgIpc) is 3.39. The number of non-ortho nitro benzene ring substituents is 1. The van der Waals surface area contributed by atoms with Crippen molar-refractivity contribution in [3.8, 4) is 11.3 Å². The van der Waals surface area contributed by atoms with Crippen LogP contribution in [0, 0.1) is 45.6 Å². The molecule has 2 saturated carbocycles. The van der Waals surface area contributed by atoms with Gasteiger partial charge in [-0.05, 0) is 42.2 Å². The van der Waals surface area contributed by atoms with Gasteiger partial charge in [-0.2, -0.15) is 10.1 Å². The molecule has 0 N–H and O–H groups in total. The number of carbonyl (C=O) groups excluding carboxylic acids is 2. The van der Waals surface area contributed by atoms with Crippen molar-refractivity contribution in [2.45, 2.75) is 6.42 Å². The van der Waals surface area contributed by atoms with Crippen molar-refractivity contribution in [2.75, 3.05) is 0 Å². The maximum Gasteiger partial charge on any atom is 0.270 e. The Labute approximate surface area is 171 Å². The molecule has 0 radical (unpaired) electrons. The summed E-state index contributed by atoms with van der Waals surface area (Å²) in [5.74, 6) is 1.18. The van der Waals surface area contributed by atoms with Gasteiger partial charge in [0, 0.05) is 17.7 Å². The summed E-state index contributed by atoms with van der Waals surface area (Å²) >= 11 is 0. The van der Waals surface area contributed by atoms with Crippen LogP contribution in [0.1, 0.15) is 12.2 Å². The number of carbonyl (C=O) groups is 2. The molecule has 2 amide bonds. The predicted molar refractivity (Wildman–Crippen MR) is 105 cm³/mol. The van der Waals surface area contributed by atoms with Crippen molar-refractivity contribution in [1.82, 2.24) is 5.01 Å². The lowest BCUT2D eigenvalue weighted by molar-refractivity contribution is -0.384. The summed E-state index contributed by atoms with van der Waals surface area (Å²) in [5.41, 5.74) is 0.529. The Morgan fingerprint density at radius 3 is 2.43 bits per heavy atom. The summed E-state index contributed by atoms with van der Waals surface area (Å²) in [6, 6.07) is 9.44. The van der Waals surface area contributed by atoms with Crippen LogP contribution in [0.4, 0.5) is 5.69 Å². The van der Waals surface area contributed by atoms with Crippen LogP contribution in [-0.2, 0) is 9.59 Å². The maximum absolute atomic E-state index is 12.9. The van der Waals surface area contributed by atoms with Gasteiger partial charge in [-0.15, -0.1) is 0 Å². The summed E-state index contributed by atoms with van der Waals surface area (Å²) in [7, 11) is 0. The number of hydrazone groups is 1. The summed E-state index contributed by atoms with van der Waals surface area (Å²) in [4.78, 5) is 36.3. The topological polar surface area (TPSA) is 106 Å². The fourth-order valence-corrected chi connectivity index (χ4v) is 5.52. The first-order valence-corrected chi connectivity index (χ1v) is 9.98. The highest BCUT2D eigenvalue weighted by Gasteiger charge is 2.67. The fourth-order valence-electron chi connectivity index (χ4n) is 5.52. The molecule has 0 spiro atoms. The Hall–Kier alpha value is -3.55. The standard InChI is InChI=1S/C22H17N3O5/c26-21-19-14-5-6-15(17-9-16(14)17)20(19)22(27)24(21)23-10-13-4-7-18(30-13)11-2-1-3-12(8-11)25(28)29/h1-8,10,14-17,19-20H,9H2/t14-,15-,16-,17-,19+,20+/m0/s1. The van der Waals surface area contributed by atoms with Gasteiger partial charge < -0.3 is 4.42 Å². The molecular weight excluding hydrogens is 386 g/mol. The lowest BCUT2D eigenvalue weighted by Crippen LogP contribution is -2.40. The van der Waals surface area contributed by atoms with E-state index in [1.807, 2.05) is 0 Å². The van der Waals surface area contributed by atoms with Crippen molar-refractivity contribution in [3.05, 3.63) is 64.4 Å². The number of hydrogen-bond acceptors (Lipinski definition) is 6. The van der Waals surface area contributed by atoms with Crippen LogP contribution in [0.3, 0.4) is 0 Å². The molecule has 8 heteroatoms. The second-order valence-electron chi connectivity index (χ2n) is 8.40. The van der Waals surface area contributed by atoms with E-state index >= 15 is 0 Å². The normalized spacial score (nSPS) is 33.3. The number of furan rings is 1. The van der Waals surface area contributed by atoms with Gasteiger partial charge in [0.25, 0.3) is 17.5 Å². The largest absolute Gasteiger partial charge is 0.455 e. The molecule has 5 aliphatic rings. The van der Waals surface area contributed by atoms with Gasteiger partial charge in [0.1, 0.15) is 11.5 Å². The zero-order valence-corrected chi connectivity index (χ0v) is 15.8. The van der Waals surface area contributed by atoms with Crippen molar-refractivity contribution < 1.29 is 18.9 Å². The molecule has 1 aromatic heterocycles. The molecule has 150 valence electrons. The van der Waals surface area contributed by atoms with Crippen LogP contribution >= 0.6 is 0 Å². The number of nitrogens with zero attached hydrogens (tertiary/aromatic N) is 3. The van der Waals surface area contributed by atoms with Gasteiger partial charge in [-0.1, -0.05) is 24.3 Å².